The lowest BCUT2D eigenvalue weighted by atomic mass is 10.0. The van der Waals surface area contributed by atoms with Crippen LogP contribution in [0.3, 0.4) is 0 Å². The van der Waals surface area contributed by atoms with Gasteiger partial charge in [-0.1, -0.05) is 24.8 Å². The molecule has 1 unspecified atom stereocenters. The molecule has 2 amide bonds. The Morgan fingerprint density at radius 2 is 2.03 bits per heavy atom. The van der Waals surface area contributed by atoms with Crippen LogP contribution in [-0.4, -0.2) is 28.4 Å². The summed E-state index contributed by atoms with van der Waals surface area (Å²) in [5.41, 5.74) is 5.09. The predicted octanol–water partition coefficient (Wildman–Crippen LogP) is 4.16. The van der Waals surface area contributed by atoms with Crippen LogP contribution >= 0.6 is 22.6 Å². The zero-order valence-electron chi connectivity index (χ0n) is 16.4. The molecular weight excluding hydrogens is 507 g/mol. The van der Waals surface area contributed by atoms with Gasteiger partial charge >= 0.3 is 0 Å². The molecule has 1 aliphatic heterocycles. The number of fused-ring (bicyclic) bond motifs is 1. The molecule has 2 aromatic carbocycles. The van der Waals surface area contributed by atoms with Gasteiger partial charge in [0.05, 0.1) is 5.56 Å². The molecule has 31 heavy (non-hydrogen) atoms. The summed E-state index contributed by atoms with van der Waals surface area (Å²) in [4.78, 5) is 30.1. The third kappa shape index (κ3) is 4.53. The minimum Gasteiger partial charge on any atom is -0.490 e. The lowest BCUT2D eigenvalue weighted by Gasteiger charge is -2.38. The zero-order chi connectivity index (χ0) is 21.8. The summed E-state index contributed by atoms with van der Waals surface area (Å²) in [6, 6.07) is 16.1. The molecule has 0 saturated carbocycles. The molecule has 4 rings (SSSR count). The van der Waals surface area contributed by atoms with Gasteiger partial charge in [0.1, 0.15) is 18.5 Å². The summed E-state index contributed by atoms with van der Waals surface area (Å²) in [6.07, 6.45) is 4.09. The fourth-order valence-corrected chi connectivity index (χ4v) is 3.72. The maximum Gasteiger partial charge on any atom is 0.276 e. The summed E-state index contributed by atoms with van der Waals surface area (Å²) in [5.74, 6) is -0.0757. The third-order valence-corrected chi connectivity index (χ3v) is 5.36. The predicted molar refractivity (Wildman–Crippen MR) is 126 cm³/mol. The van der Waals surface area contributed by atoms with E-state index >= 15 is 0 Å². The van der Waals surface area contributed by atoms with E-state index in [0.29, 0.717) is 29.2 Å². The quantitative estimate of drug-likeness (QED) is 0.373. The standard InChI is InChI=1S/C23H19IN4O3/c1-2-12-31-18-5-3-4-16(13-18)21-26-20-7-6-17(24)14-19(20)23(30)28(21)27-22(29)15-8-10-25-11-9-15/h2-11,13-14,21,26H,1,12H2,(H,27,29). The first-order valence-electron chi connectivity index (χ1n) is 9.51. The highest BCUT2D eigenvalue weighted by molar-refractivity contribution is 14.1. The van der Waals surface area contributed by atoms with E-state index in [4.69, 9.17) is 4.74 Å². The Morgan fingerprint density at radius 3 is 2.81 bits per heavy atom. The van der Waals surface area contributed by atoms with Gasteiger partial charge in [-0.25, -0.2) is 5.01 Å². The smallest absolute Gasteiger partial charge is 0.276 e. The first-order valence-corrected chi connectivity index (χ1v) is 10.6. The van der Waals surface area contributed by atoms with Gasteiger partial charge in [0.15, 0.2) is 0 Å². The van der Waals surface area contributed by atoms with Crippen LogP contribution in [0.1, 0.15) is 32.4 Å². The highest BCUT2D eigenvalue weighted by atomic mass is 127. The van der Waals surface area contributed by atoms with E-state index in [1.54, 1.807) is 24.3 Å². The summed E-state index contributed by atoms with van der Waals surface area (Å²) >= 11 is 2.15. The zero-order valence-corrected chi connectivity index (χ0v) is 18.6. The number of carbonyl (C=O) groups excluding carboxylic acids is 2. The van der Waals surface area contributed by atoms with Crippen molar-refractivity contribution in [1.82, 2.24) is 15.4 Å². The van der Waals surface area contributed by atoms with Gasteiger partial charge < -0.3 is 10.1 Å². The van der Waals surface area contributed by atoms with E-state index < -0.39 is 12.1 Å². The van der Waals surface area contributed by atoms with Gasteiger partial charge in [-0.05, 0) is 65.1 Å². The van der Waals surface area contributed by atoms with E-state index in [1.165, 1.54) is 17.4 Å². The van der Waals surface area contributed by atoms with Gasteiger partial charge in [0.2, 0.25) is 0 Å². The van der Waals surface area contributed by atoms with Crippen LogP contribution < -0.4 is 15.5 Å². The molecule has 1 aromatic heterocycles. The molecule has 3 aromatic rings. The monoisotopic (exact) mass is 526 g/mol. The normalized spacial score (nSPS) is 14.9. The lowest BCUT2D eigenvalue weighted by Crippen LogP contribution is -2.52. The largest absolute Gasteiger partial charge is 0.490 e. The number of nitrogens with zero attached hydrogens (tertiary/aromatic N) is 2. The maximum absolute atomic E-state index is 13.4. The first kappa shape index (κ1) is 20.9. The molecular formula is C23H19IN4O3. The third-order valence-electron chi connectivity index (χ3n) is 4.69. The molecule has 156 valence electrons. The van der Waals surface area contributed by atoms with Crippen molar-refractivity contribution >= 4 is 40.1 Å². The topological polar surface area (TPSA) is 83.6 Å². The van der Waals surface area contributed by atoms with Gasteiger partial charge in [-0.3, -0.25) is 20.0 Å². The Balaban J connectivity index is 1.71. The molecule has 7 nitrogen and oxygen atoms in total. The molecule has 0 aliphatic carbocycles. The molecule has 2 heterocycles. The second kappa shape index (κ2) is 9.17. The average Bonchev–Trinajstić information content (AvgIpc) is 2.80. The number of halogens is 1. The molecule has 8 heteroatoms. The summed E-state index contributed by atoms with van der Waals surface area (Å²) in [7, 11) is 0. The summed E-state index contributed by atoms with van der Waals surface area (Å²) < 4.78 is 6.56. The maximum atomic E-state index is 13.4. The number of benzene rings is 2. The Hall–Kier alpha value is -3.40. The molecule has 2 N–H and O–H groups in total. The minimum absolute atomic E-state index is 0.308. The summed E-state index contributed by atoms with van der Waals surface area (Å²) in [6.45, 7) is 4.03. The number of nitrogens with one attached hydrogen (secondary N) is 2. The molecule has 1 aliphatic rings. The van der Waals surface area contributed by atoms with Crippen molar-refractivity contribution in [3.8, 4) is 5.75 Å². The van der Waals surface area contributed by atoms with Crippen molar-refractivity contribution in [3.63, 3.8) is 0 Å². The fourth-order valence-electron chi connectivity index (χ4n) is 3.23. The number of hydrazine groups is 1. The van der Waals surface area contributed by atoms with E-state index in [9.17, 15) is 9.59 Å². The van der Waals surface area contributed by atoms with Gasteiger partial charge in [0.25, 0.3) is 11.8 Å². The molecule has 1 atom stereocenters. The van der Waals surface area contributed by atoms with Gasteiger partial charge in [-0.15, -0.1) is 0 Å². The number of pyridine rings is 1. The number of ether oxygens (including phenoxy) is 1. The fraction of sp³-hybridized carbons (Fsp3) is 0.0870. The Kier molecular flexibility index (Phi) is 6.17. The van der Waals surface area contributed by atoms with E-state index in [1.807, 2.05) is 36.4 Å². The van der Waals surface area contributed by atoms with Gasteiger partial charge in [0, 0.05) is 32.8 Å². The number of carbonyl (C=O) groups is 2. The molecule has 0 fully saturated rings. The van der Waals surface area contributed by atoms with Gasteiger partial charge in [-0.2, -0.15) is 0 Å². The van der Waals surface area contributed by atoms with Crippen molar-refractivity contribution < 1.29 is 14.3 Å². The second-order valence-electron chi connectivity index (χ2n) is 6.76. The van der Waals surface area contributed by atoms with Crippen molar-refractivity contribution in [1.29, 1.82) is 0 Å². The number of amides is 2. The number of anilines is 1. The highest BCUT2D eigenvalue weighted by Gasteiger charge is 2.35. The van der Waals surface area contributed by atoms with Crippen molar-refractivity contribution in [3.05, 3.63) is 99.9 Å². The number of hydrogen-bond donors (Lipinski definition) is 2. The van der Waals surface area contributed by atoms with Crippen LogP contribution in [0, 0.1) is 3.57 Å². The summed E-state index contributed by atoms with van der Waals surface area (Å²) in [5, 5.41) is 4.67. The van der Waals surface area contributed by atoms with Crippen LogP contribution in [0.2, 0.25) is 0 Å². The highest BCUT2D eigenvalue weighted by Crippen LogP contribution is 2.34. The number of aromatic nitrogens is 1. The van der Waals surface area contributed by atoms with Crippen LogP contribution in [0.4, 0.5) is 5.69 Å². The Labute approximate surface area is 193 Å². The van der Waals surface area contributed by atoms with Crippen molar-refractivity contribution in [2.75, 3.05) is 11.9 Å². The molecule has 0 radical (unpaired) electrons. The Bertz CT molecular complexity index is 1140. The average molecular weight is 526 g/mol. The van der Waals surface area contributed by atoms with E-state index in [-0.39, 0.29) is 5.91 Å². The van der Waals surface area contributed by atoms with Crippen molar-refractivity contribution in [2.24, 2.45) is 0 Å². The van der Waals surface area contributed by atoms with Crippen LogP contribution in [0.5, 0.6) is 5.75 Å². The van der Waals surface area contributed by atoms with Crippen LogP contribution in [-0.2, 0) is 0 Å². The number of hydrogen-bond acceptors (Lipinski definition) is 5. The Morgan fingerprint density at radius 1 is 1.23 bits per heavy atom. The number of rotatable bonds is 6. The SMILES string of the molecule is C=CCOc1cccc(C2Nc3ccc(I)cc3C(=O)N2NC(=O)c2ccncc2)c1. The van der Waals surface area contributed by atoms with Crippen LogP contribution in [0.25, 0.3) is 0 Å². The molecule has 0 spiro atoms. The van der Waals surface area contributed by atoms with Crippen LogP contribution in [0.15, 0.2) is 79.6 Å². The van der Waals surface area contributed by atoms with Crippen molar-refractivity contribution in [2.45, 2.75) is 6.17 Å². The second-order valence-corrected chi connectivity index (χ2v) is 8.01. The molecule has 0 saturated heterocycles. The lowest BCUT2D eigenvalue weighted by molar-refractivity contribution is 0.0490. The van der Waals surface area contributed by atoms with E-state index in [2.05, 4.69) is 44.9 Å². The van der Waals surface area contributed by atoms with E-state index in [0.717, 1.165) is 9.13 Å². The first-order chi connectivity index (χ1) is 15.1. The minimum atomic E-state index is -0.627. The molecule has 0 bridgehead atoms.